The summed E-state index contributed by atoms with van der Waals surface area (Å²) in [7, 11) is 2.12. The summed E-state index contributed by atoms with van der Waals surface area (Å²) in [6.45, 7) is 1.07. The minimum Gasteiger partial charge on any atom is -0.309 e. The molecule has 0 amide bonds. The Hall–Kier alpha value is -0.810. The lowest BCUT2D eigenvalue weighted by Crippen LogP contribution is -2.35. The van der Waals surface area contributed by atoms with Gasteiger partial charge in [-0.3, -0.25) is 9.69 Å². The monoisotopic (exact) mass is 279 g/mol. The van der Waals surface area contributed by atoms with Gasteiger partial charge in [-0.15, -0.1) is 0 Å². The molecule has 0 radical (unpaired) electrons. The molecule has 2 heterocycles. The lowest BCUT2D eigenvalue weighted by atomic mass is 10.1. The Morgan fingerprint density at radius 1 is 1.32 bits per heavy atom. The average Bonchev–Trinajstić information content (AvgIpc) is 2.65. The van der Waals surface area contributed by atoms with Gasteiger partial charge in [0.2, 0.25) is 0 Å². The first-order chi connectivity index (χ1) is 9.25. The van der Waals surface area contributed by atoms with Crippen LogP contribution in [0.3, 0.4) is 0 Å². The standard InChI is InChI=1S/C14H21N3OS/c1-17-7-8-19-9-12(17)13-15-11-6-4-2-3-5-10(11)14(18)16-13/h12H,2-9H2,1H3,(H,15,16,18). The van der Waals surface area contributed by atoms with Crippen LogP contribution in [0.15, 0.2) is 4.79 Å². The second kappa shape index (κ2) is 5.67. The highest BCUT2D eigenvalue weighted by Crippen LogP contribution is 2.26. The number of nitrogens with one attached hydrogen (secondary N) is 1. The maximum Gasteiger partial charge on any atom is 0.254 e. The van der Waals surface area contributed by atoms with Crippen molar-refractivity contribution in [2.45, 2.75) is 38.1 Å². The number of nitrogens with zero attached hydrogens (tertiary/aromatic N) is 2. The summed E-state index contributed by atoms with van der Waals surface area (Å²) in [6, 6.07) is 0.264. The molecule has 0 spiro atoms. The van der Waals surface area contributed by atoms with Crippen LogP contribution < -0.4 is 5.56 Å². The van der Waals surface area contributed by atoms with Gasteiger partial charge in [0.15, 0.2) is 0 Å². The molecule has 1 aromatic rings. The molecule has 19 heavy (non-hydrogen) atoms. The van der Waals surface area contributed by atoms with E-state index in [1.54, 1.807) is 0 Å². The van der Waals surface area contributed by atoms with E-state index in [0.717, 1.165) is 55.1 Å². The van der Waals surface area contributed by atoms with Crippen molar-refractivity contribution >= 4 is 11.8 Å². The summed E-state index contributed by atoms with van der Waals surface area (Å²) in [5, 5.41) is 0. The highest BCUT2D eigenvalue weighted by atomic mass is 32.2. The van der Waals surface area contributed by atoms with Crippen molar-refractivity contribution in [1.29, 1.82) is 0 Å². The number of H-pyrrole nitrogens is 1. The Morgan fingerprint density at radius 3 is 3.00 bits per heavy atom. The van der Waals surface area contributed by atoms with E-state index >= 15 is 0 Å². The maximum atomic E-state index is 12.3. The van der Waals surface area contributed by atoms with E-state index in [-0.39, 0.29) is 11.6 Å². The van der Waals surface area contributed by atoms with Gasteiger partial charge >= 0.3 is 0 Å². The van der Waals surface area contributed by atoms with Crippen LogP contribution in [0.5, 0.6) is 0 Å². The van der Waals surface area contributed by atoms with E-state index in [1.807, 2.05) is 11.8 Å². The fraction of sp³-hybridized carbons (Fsp3) is 0.714. The van der Waals surface area contributed by atoms with Crippen LogP contribution in [0, 0.1) is 0 Å². The first kappa shape index (κ1) is 13.2. The number of rotatable bonds is 1. The zero-order chi connectivity index (χ0) is 13.2. The van der Waals surface area contributed by atoms with Crippen molar-refractivity contribution in [1.82, 2.24) is 14.9 Å². The van der Waals surface area contributed by atoms with Gasteiger partial charge in [-0.05, 0) is 32.7 Å². The van der Waals surface area contributed by atoms with Gasteiger partial charge in [0.25, 0.3) is 5.56 Å². The first-order valence-electron chi connectivity index (χ1n) is 7.15. The molecule has 3 rings (SSSR count). The van der Waals surface area contributed by atoms with Crippen LogP contribution in [0.2, 0.25) is 0 Å². The SMILES string of the molecule is CN1CCSCC1c1nc2c(c(=O)[nH]1)CCCCC2. The highest BCUT2D eigenvalue weighted by Gasteiger charge is 2.25. The van der Waals surface area contributed by atoms with Crippen molar-refractivity contribution in [3.8, 4) is 0 Å². The summed E-state index contributed by atoms with van der Waals surface area (Å²) in [5.74, 6) is 3.07. The van der Waals surface area contributed by atoms with E-state index in [1.165, 1.54) is 12.2 Å². The largest absolute Gasteiger partial charge is 0.309 e. The Morgan fingerprint density at radius 2 is 2.16 bits per heavy atom. The van der Waals surface area contributed by atoms with Crippen molar-refractivity contribution in [2.75, 3.05) is 25.1 Å². The third kappa shape index (κ3) is 2.72. The van der Waals surface area contributed by atoms with Gasteiger partial charge in [-0.25, -0.2) is 4.98 Å². The van der Waals surface area contributed by atoms with Crippen LogP contribution in [-0.4, -0.2) is 40.0 Å². The molecule has 2 aliphatic rings. The fourth-order valence-electron chi connectivity index (χ4n) is 2.93. The zero-order valence-electron chi connectivity index (χ0n) is 11.4. The molecule has 5 heteroatoms. The van der Waals surface area contributed by atoms with Crippen molar-refractivity contribution in [2.24, 2.45) is 0 Å². The van der Waals surface area contributed by atoms with E-state index in [0.29, 0.717) is 0 Å². The van der Waals surface area contributed by atoms with E-state index in [4.69, 9.17) is 4.98 Å². The second-order valence-corrected chi connectivity index (χ2v) is 6.66. The molecule has 1 aromatic heterocycles. The van der Waals surface area contributed by atoms with Crippen molar-refractivity contribution in [3.63, 3.8) is 0 Å². The minimum atomic E-state index is 0.103. The fourth-order valence-corrected chi connectivity index (χ4v) is 4.15. The van der Waals surface area contributed by atoms with Gasteiger partial charge in [-0.1, -0.05) is 6.42 Å². The second-order valence-electron chi connectivity index (χ2n) is 5.51. The predicted molar refractivity (Wildman–Crippen MR) is 78.8 cm³/mol. The number of aryl methyl sites for hydroxylation is 1. The summed E-state index contributed by atoms with van der Waals surface area (Å²) >= 11 is 1.95. The molecule has 104 valence electrons. The third-order valence-corrected chi connectivity index (χ3v) is 5.19. The topological polar surface area (TPSA) is 49.0 Å². The Balaban J connectivity index is 1.96. The number of aromatic amines is 1. The molecule has 1 fully saturated rings. The Bertz CT molecular complexity index is 514. The maximum absolute atomic E-state index is 12.3. The molecule has 0 saturated carbocycles. The minimum absolute atomic E-state index is 0.103. The van der Waals surface area contributed by atoms with Crippen molar-refractivity contribution < 1.29 is 0 Å². The molecule has 0 aromatic carbocycles. The molecule has 0 bridgehead atoms. The smallest absolute Gasteiger partial charge is 0.254 e. The van der Waals surface area contributed by atoms with Gasteiger partial charge in [0.1, 0.15) is 5.82 Å². The molecule has 1 N–H and O–H groups in total. The summed E-state index contributed by atoms with van der Waals surface area (Å²) in [6.07, 6.45) is 5.36. The van der Waals surface area contributed by atoms with Crippen LogP contribution >= 0.6 is 11.8 Å². The van der Waals surface area contributed by atoms with Gasteiger partial charge in [0, 0.05) is 23.6 Å². The summed E-state index contributed by atoms with van der Waals surface area (Å²) in [4.78, 5) is 22.4. The molecule has 1 atom stereocenters. The number of aromatic nitrogens is 2. The van der Waals surface area contributed by atoms with Gasteiger partial charge in [0.05, 0.1) is 11.7 Å². The Kier molecular flexibility index (Phi) is 3.93. The first-order valence-corrected chi connectivity index (χ1v) is 8.31. The lowest BCUT2D eigenvalue weighted by Gasteiger charge is -2.31. The third-order valence-electron chi connectivity index (χ3n) is 4.17. The normalized spacial score (nSPS) is 24.8. The number of thioether (sulfide) groups is 1. The van der Waals surface area contributed by atoms with Gasteiger partial charge < -0.3 is 4.98 Å². The molecular weight excluding hydrogens is 258 g/mol. The van der Waals surface area contributed by atoms with Crippen LogP contribution in [0.4, 0.5) is 0 Å². The molecule has 1 aliphatic carbocycles. The lowest BCUT2D eigenvalue weighted by molar-refractivity contribution is 0.263. The zero-order valence-corrected chi connectivity index (χ0v) is 12.3. The van der Waals surface area contributed by atoms with Crippen LogP contribution in [-0.2, 0) is 12.8 Å². The summed E-state index contributed by atoms with van der Waals surface area (Å²) < 4.78 is 0. The molecule has 1 unspecified atom stereocenters. The molecule has 1 saturated heterocycles. The number of hydrogen-bond acceptors (Lipinski definition) is 4. The van der Waals surface area contributed by atoms with E-state index in [2.05, 4.69) is 16.9 Å². The average molecular weight is 279 g/mol. The quantitative estimate of drug-likeness (QED) is 0.796. The molecular formula is C14H21N3OS. The predicted octanol–water partition coefficient (Wildman–Crippen LogP) is 1.76. The van der Waals surface area contributed by atoms with Crippen LogP contribution in [0.25, 0.3) is 0 Å². The number of hydrogen-bond donors (Lipinski definition) is 1. The summed E-state index contributed by atoms with van der Waals surface area (Å²) in [5.41, 5.74) is 2.10. The molecule has 1 aliphatic heterocycles. The van der Waals surface area contributed by atoms with Gasteiger partial charge in [-0.2, -0.15) is 11.8 Å². The Labute approximate surface area is 118 Å². The molecule has 4 nitrogen and oxygen atoms in total. The number of fused-ring (bicyclic) bond motifs is 1. The van der Waals surface area contributed by atoms with E-state index < -0.39 is 0 Å². The highest BCUT2D eigenvalue weighted by molar-refractivity contribution is 7.99. The van der Waals surface area contributed by atoms with Crippen molar-refractivity contribution in [3.05, 3.63) is 27.4 Å². The van der Waals surface area contributed by atoms with E-state index in [9.17, 15) is 4.79 Å². The van der Waals surface area contributed by atoms with Crippen LogP contribution in [0.1, 0.15) is 42.4 Å².